The Morgan fingerprint density at radius 1 is 1.12 bits per heavy atom. The van der Waals surface area contributed by atoms with Crippen molar-refractivity contribution < 1.29 is 19.2 Å². The van der Waals surface area contributed by atoms with E-state index in [-0.39, 0.29) is 27.9 Å². The molecule has 7 nitrogen and oxygen atoms in total. The summed E-state index contributed by atoms with van der Waals surface area (Å²) in [5.41, 5.74) is 1.82. The Bertz CT molecular complexity index is 1270. The molecule has 9 heteroatoms. The topological polar surface area (TPSA) is 91.0 Å². The maximum absolute atomic E-state index is 12.4. The van der Waals surface area contributed by atoms with Crippen molar-refractivity contribution in [3.63, 3.8) is 0 Å². The Labute approximate surface area is 196 Å². The van der Waals surface area contributed by atoms with Crippen molar-refractivity contribution in [1.29, 1.82) is 0 Å². The molecule has 4 rings (SSSR count). The zero-order valence-electron chi connectivity index (χ0n) is 16.3. The minimum atomic E-state index is -0.655. The van der Waals surface area contributed by atoms with Gasteiger partial charge < -0.3 is 9.47 Å². The molecular formula is C23H14BrClN2O5. The van der Waals surface area contributed by atoms with E-state index < -0.39 is 10.9 Å². The van der Waals surface area contributed by atoms with Crippen LogP contribution >= 0.6 is 27.5 Å². The second kappa shape index (κ2) is 9.33. The first-order chi connectivity index (χ1) is 15.4. The summed E-state index contributed by atoms with van der Waals surface area (Å²) in [5.74, 6) is -0.0979. The molecule has 1 heterocycles. The molecule has 0 spiro atoms. The minimum Gasteiger partial charge on any atom is -0.488 e. The van der Waals surface area contributed by atoms with E-state index in [2.05, 4.69) is 20.9 Å². The Morgan fingerprint density at radius 2 is 1.88 bits per heavy atom. The van der Waals surface area contributed by atoms with Crippen LogP contribution in [0.2, 0.25) is 5.02 Å². The highest BCUT2D eigenvalue weighted by atomic mass is 79.9. The molecular weight excluding hydrogens is 500 g/mol. The standard InChI is InChI=1S/C23H14BrClN2O5/c24-16-7-5-14(6-8-16)13-31-21-4-2-1-3-15(21)11-20-23(28)32-22(26-20)18-10-9-17(27(29)30)12-19(18)25/h1-12H,13H2/b20-11-. The van der Waals surface area contributed by atoms with Crippen LogP contribution in [0.15, 0.2) is 81.9 Å². The number of hydrogen-bond acceptors (Lipinski definition) is 6. The van der Waals surface area contributed by atoms with Gasteiger partial charge in [-0.15, -0.1) is 0 Å². The molecule has 1 aliphatic rings. The lowest BCUT2D eigenvalue weighted by molar-refractivity contribution is -0.384. The number of aliphatic imine (C=N–C) groups is 1. The molecule has 0 amide bonds. The lowest BCUT2D eigenvalue weighted by Gasteiger charge is -2.09. The summed E-state index contributed by atoms with van der Waals surface area (Å²) < 4.78 is 12.1. The zero-order chi connectivity index (χ0) is 22.7. The lowest BCUT2D eigenvalue weighted by atomic mass is 10.1. The summed E-state index contributed by atoms with van der Waals surface area (Å²) >= 11 is 9.53. The van der Waals surface area contributed by atoms with Crippen molar-refractivity contribution in [2.45, 2.75) is 6.61 Å². The largest absolute Gasteiger partial charge is 0.488 e. The van der Waals surface area contributed by atoms with Gasteiger partial charge in [-0.1, -0.05) is 57.9 Å². The smallest absolute Gasteiger partial charge is 0.363 e. The van der Waals surface area contributed by atoms with Crippen LogP contribution in [0.5, 0.6) is 5.75 Å². The van der Waals surface area contributed by atoms with Crippen LogP contribution < -0.4 is 4.74 Å². The van der Waals surface area contributed by atoms with Crippen LogP contribution in [0.4, 0.5) is 5.69 Å². The first-order valence-electron chi connectivity index (χ1n) is 9.34. The molecule has 0 bridgehead atoms. The fraction of sp³-hybridized carbons (Fsp3) is 0.0435. The number of nitro benzene ring substituents is 1. The van der Waals surface area contributed by atoms with Gasteiger partial charge >= 0.3 is 5.97 Å². The number of halogens is 2. The van der Waals surface area contributed by atoms with Gasteiger partial charge in [0.2, 0.25) is 5.90 Å². The van der Waals surface area contributed by atoms with Crippen molar-refractivity contribution in [1.82, 2.24) is 0 Å². The third-order valence-electron chi connectivity index (χ3n) is 4.53. The average molecular weight is 514 g/mol. The van der Waals surface area contributed by atoms with Gasteiger partial charge in [0.1, 0.15) is 12.4 Å². The second-order valence-corrected chi connectivity index (χ2v) is 8.03. The maximum atomic E-state index is 12.4. The molecule has 0 radical (unpaired) electrons. The molecule has 1 aliphatic heterocycles. The summed E-state index contributed by atoms with van der Waals surface area (Å²) in [6.45, 7) is 0.352. The van der Waals surface area contributed by atoms with Gasteiger partial charge in [-0.3, -0.25) is 10.1 Å². The van der Waals surface area contributed by atoms with Gasteiger partial charge in [0, 0.05) is 22.2 Å². The number of non-ortho nitro benzene ring substituents is 1. The van der Waals surface area contributed by atoms with Crippen molar-refractivity contribution in [2.75, 3.05) is 0 Å². The maximum Gasteiger partial charge on any atom is 0.363 e. The molecule has 0 N–H and O–H groups in total. The lowest BCUT2D eigenvalue weighted by Crippen LogP contribution is -2.06. The third-order valence-corrected chi connectivity index (χ3v) is 5.37. The van der Waals surface area contributed by atoms with Gasteiger partial charge in [0.25, 0.3) is 5.69 Å². The van der Waals surface area contributed by atoms with E-state index in [4.69, 9.17) is 21.1 Å². The molecule has 0 saturated heterocycles. The highest BCUT2D eigenvalue weighted by Gasteiger charge is 2.26. The van der Waals surface area contributed by atoms with Crippen LogP contribution in [-0.4, -0.2) is 16.8 Å². The second-order valence-electron chi connectivity index (χ2n) is 6.71. The fourth-order valence-corrected chi connectivity index (χ4v) is 3.46. The van der Waals surface area contributed by atoms with Crippen LogP contribution in [0.25, 0.3) is 6.08 Å². The quantitative estimate of drug-likeness (QED) is 0.176. The molecule has 0 saturated carbocycles. The number of para-hydroxylation sites is 1. The number of benzene rings is 3. The first-order valence-corrected chi connectivity index (χ1v) is 10.5. The van der Waals surface area contributed by atoms with Crippen molar-refractivity contribution in [3.8, 4) is 5.75 Å². The number of esters is 1. The van der Waals surface area contributed by atoms with Crippen LogP contribution in [-0.2, 0) is 16.1 Å². The average Bonchev–Trinajstić information content (AvgIpc) is 3.14. The number of nitro groups is 1. The number of rotatable bonds is 6. The Hall–Kier alpha value is -3.49. The summed E-state index contributed by atoms with van der Waals surface area (Å²) in [4.78, 5) is 26.9. The third kappa shape index (κ3) is 4.87. The summed E-state index contributed by atoms with van der Waals surface area (Å²) in [6, 6.07) is 18.8. The van der Waals surface area contributed by atoms with E-state index in [0.717, 1.165) is 10.0 Å². The number of cyclic esters (lactones) is 1. The molecule has 32 heavy (non-hydrogen) atoms. The Kier molecular flexibility index (Phi) is 6.34. The molecule has 3 aromatic rings. The van der Waals surface area contributed by atoms with E-state index >= 15 is 0 Å². The fourth-order valence-electron chi connectivity index (χ4n) is 2.94. The van der Waals surface area contributed by atoms with Crippen molar-refractivity contribution in [3.05, 3.63) is 109 Å². The molecule has 0 unspecified atom stereocenters. The molecule has 0 aliphatic carbocycles. The van der Waals surface area contributed by atoms with E-state index in [1.54, 1.807) is 18.2 Å². The van der Waals surface area contributed by atoms with E-state index in [0.29, 0.717) is 17.9 Å². The van der Waals surface area contributed by atoms with Gasteiger partial charge in [0.15, 0.2) is 5.70 Å². The summed E-state index contributed by atoms with van der Waals surface area (Å²) in [5, 5.41) is 11.0. The highest BCUT2D eigenvalue weighted by molar-refractivity contribution is 9.10. The molecule has 0 atom stereocenters. The van der Waals surface area contributed by atoms with Gasteiger partial charge in [-0.25, -0.2) is 9.79 Å². The number of nitrogens with zero attached hydrogens (tertiary/aromatic N) is 2. The summed E-state index contributed by atoms with van der Waals surface area (Å²) in [7, 11) is 0. The van der Waals surface area contributed by atoms with E-state index in [1.807, 2.05) is 36.4 Å². The van der Waals surface area contributed by atoms with Crippen LogP contribution in [0, 0.1) is 10.1 Å². The Morgan fingerprint density at radius 3 is 2.59 bits per heavy atom. The van der Waals surface area contributed by atoms with Gasteiger partial charge in [0.05, 0.1) is 15.5 Å². The molecule has 3 aromatic carbocycles. The monoisotopic (exact) mass is 512 g/mol. The van der Waals surface area contributed by atoms with Crippen molar-refractivity contribution in [2.24, 2.45) is 4.99 Å². The number of carbonyl (C=O) groups is 1. The van der Waals surface area contributed by atoms with Gasteiger partial charge in [-0.05, 0) is 35.9 Å². The zero-order valence-corrected chi connectivity index (χ0v) is 18.7. The van der Waals surface area contributed by atoms with Crippen LogP contribution in [0.1, 0.15) is 16.7 Å². The normalized spacial score (nSPS) is 14.2. The molecule has 0 aromatic heterocycles. The number of hydrogen-bond donors (Lipinski definition) is 0. The van der Waals surface area contributed by atoms with Crippen molar-refractivity contribution >= 4 is 51.2 Å². The van der Waals surface area contributed by atoms with Gasteiger partial charge in [-0.2, -0.15) is 0 Å². The number of ether oxygens (including phenoxy) is 2. The minimum absolute atomic E-state index is 0.0191. The predicted molar refractivity (Wildman–Crippen MR) is 124 cm³/mol. The molecule has 0 fully saturated rings. The summed E-state index contributed by atoms with van der Waals surface area (Å²) in [6.07, 6.45) is 1.56. The SMILES string of the molecule is O=C1OC(c2ccc([N+](=O)[O-])cc2Cl)=N/C1=C\c1ccccc1OCc1ccc(Br)cc1. The Balaban J connectivity index is 1.59. The predicted octanol–water partition coefficient (Wildman–Crippen LogP) is 5.93. The highest BCUT2D eigenvalue weighted by Crippen LogP contribution is 2.29. The first kappa shape index (κ1) is 21.7. The molecule has 160 valence electrons. The van der Waals surface area contributed by atoms with Crippen LogP contribution in [0.3, 0.4) is 0 Å². The van der Waals surface area contributed by atoms with E-state index in [9.17, 15) is 14.9 Å². The van der Waals surface area contributed by atoms with E-state index in [1.165, 1.54) is 18.2 Å². The number of carbonyl (C=O) groups excluding carboxylic acids is 1.